The van der Waals surface area contributed by atoms with Crippen molar-refractivity contribution in [3.63, 3.8) is 0 Å². The van der Waals surface area contributed by atoms with Crippen molar-refractivity contribution in [2.45, 2.75) is 0 Å². The molecule has 0 spiro atoms. The minimum Gasteiger partial charge on any atom is -0.383 e. The average Bonchev–Trinajstić information content (AvgIpc) is 2.39. The first kappa shape index (κ1) is 13.7. The molecule has 1 aromatic carbocycles. The van der Waals surface area contributed by atoms with Crippen LogP contribution >= 0.6 is 15.9 Å². The lowest BCUT2D eigenvalue weighted by Gasteiger charge is -2.07. The number of methoxy groups -OCH3 is 1. The Hall–Kier alpha value is -1.73. The van der Waals surface area contributed by atoms with Gasteiger partial charge in [0.05, 0.1) is 12.8 Å². The first-order chi connectivity index (χ1) is 9.28. The van der Waals surface area contributed by atoms with Crippen molar-refractivity contribution >= 4 is 33.4 Å². The van der Waals surface area contributed by atoms with Gasteiger partial charge in [-0.1, -0.05) is 22.0 Å². The molecule has 2 N–H and O–H groups in total. The molecule has 7 heteroatoms. The maximum atomic E-state index is 4.96. The number of halogens is 1. The van der Waals surface area contributed by atoms with Crippen LogP contribution in [-0.4, -0.2) is 35.4 Å². The van der Waals surface area contributed by atoms with E-state index in [2.05, 4.69) is 41.7 Å². The van der Waals surface area contributed by atoms with Crippen molar-refractivity contribution < 1.29 is 4.74 Å². The lowest BCUT2D eigenvalue weighted by molar-refractivity contribution is 0.210. The first-order valence-corrected chi connectivity index (χ1v) is 6.52. The normalized spacial score (nSPS) is 10.2. The van der Waals surface area contributed by atoms with Crippen LogP contribution in [0.2, 0.25) is 0 Å². The fourth-order valence-electron chi connectivity index (χ4n) is 1.42. The van der Waals surface area contributed by atoms with E-state index < -0.39 is 0 Å². The van der Waals surface area contributed by atoms with E-state index in [0.717, 1.165) is 10.2 Å². The third-order valence-electron chi connectivity index (χ3n) is 2.25. The third kappa shape index (κ3) is 4.46. The summed E-state index contributed by atoms with van der Waals surface area (Å²) in [5, 5.41) is 14.0. The van der Waals surface area contributed by atoms with Crippen molar-refractivity contribution in [2.24, 2.45) is 0 Å². The summed E-state index contributed by atoms with van der Waals surface area (Å²) in [7, 11) is 1.65. The summed E-state index contributed by atoms with van der Waals surface area (Å²) < 4.78 is 5.94. The van der Waals surface area contributed by atoms with Gasteiger partial charge >= 0.3 is 0 Å². The number of hydrogen-bond acceptors (Lipinski definition) is 6. The maximum Gasteiger partial charge on any atom is 0.249 e. The molecule has 0 aliphatic rings. The molecule has 0 bridgehead atoms. The lowest BCUT2D eigenvalue weighted by Crippen LogP contribution is -2.10. The highest BCUT2D eigenvalue weighted by Crippen LogP contribution is 2.18. The first-order valence-electron chi connectivity index (χ1n) is 5.73. The van der Waals surface area contributed by atoms with Crippen LogP contribution in [0.25, 0.3) is 0 Å². The molecule has 0 atom stereocenters. The molecule has 2 rings (SSSR count). The Kier molecular flexibility index (Phi) is 5.05. The number of hydrogen-bond donors (Lipinski definition) is 2. The largest absolute Gasteiger partial charge is 0.383 e. The van der Waals surface area contributed by atoms with Gasteiger partial charge in [-0.2, -0.15) is 10.1 Å². The monoisotopic (exact) mass is 323 g/mol. The molecule has 0 radical (unpaired) electrons. The summed E-state index contributed by atoms with van der Waals surface area (Å²) in [4.78, 5) is 4.30. The van der Waals surface area contributed by atoms with Crippen molar-refractivity contribution in [1.82, 2.24) is 15.2 Å². The molecule has 2 aromatic rings. The van der Waals surface area contributed by atoms with E-state index in [0.29, 0.717) is 24.9 Å². The predicted molar refractivity (Wildman–Crippen MR) is 77.6 cm³/mol. The predicted octanol–water partition coefficient (Wildman–Crippen LogP) is 2.44. The molecule has 0 amide bonds. The number of rotatable bonds is 6. The second kappa shape index (κ2) is 7.01. The lowest BCUT2D eigenvalue weighted by atomic mass is 10.3. The van der Waals surface area contributed by atoms with E-state index >= 15 is 0 Å². The van der Waals surface area contributed by atoms with Gasteiger partial charge < -0.3 is 15.4 Å². The highest BCUT2D eigenvalue weighted by Gasteiger charge is 2.01. The van der Waals surface area contributed by atoms with Crippen LogP contribution in [0.3, 0.4) is 0 Å². The van der Waals surface area contributed by atoms with Crippen molar-refractivity contribution in [3.8, 4) is 0 Å². The van der Waals surface area contributed by atoms with Crippen LogP contribution in [0.15, 0.2) is 34.9 Å². The Morgan fingerprint density at radius 2 is 2.26 bits per heavy atom. The zero-order valence-corrected chi connectivity index (χ0v) is 12.0. The summed E-state index contributed by atoms with van der Waals surface area (Å²) in [5.41, 5.74) is 0.894. The molecule has 19 heavy (non-hydrogen) atoms. The molecule has 0 saturated carbocycles. The van der Waals surface area contributed by atoms with E-state index in [4.69, 9.17) is 4.74 Å². The molecule has 100 valence electrons. The van der Waals surface area contributed by atoms with Crippen molar-refractivity contribution in [1.29, 1.82) is 0 Å². The van der Waals surface area contributed by atoms with E-state index in [9.17, 15) is 0 Å². The molecule has 0 aliphatic carbocycles. The SMILES string of the molecule is COCCNc1cnnc(Nc2cccc(Br)c2)n1. The molecular weight excluding hydrogens is 310 g/mol. The van der Waals surface area contributed by atoms with Gasteiger partial charge in [-0.15, -0.1) is 5.10 Å². The Labute approximate surface area is 119 Å². The van der Waals surface area contributed by atoms with E-state index in [1.54, 1.807) is 13.3 Å². The Balaban J connectivity index is 2.02. The number of aromatic nitrogens is 3. The van der Waals surface area contributed by atoms with Gasteiger partial charge in [-0.05, 0) is 18.2 Å². The van der Waals surface area contributed by atoms with Gasteiger partial charge in [0.25, 0.3) is 0 Å². The summed E-state index contributed by atoms with van der Waals surface area (Å²) in [6.07, 6.45) is 1.57. The Morgan fingerprint density at radius 3 is 3.05 bits per heavy atom. The second-order valence-electron chi connectivity index (χ2n) is 3.72. The van der Waals surface area contributed by atoms with Crippen molar-refractivity contribution in [3.05, 3.63) is 34.9 Å². The topological polar surface area (TPSA) is 72.0 Å². The summed E-state index contributed by atoms with van der Waals surface area (Å²) in [6.45, 7) is 1.28. The highest BCUT2D eigenvalue weighted by molar-refractivity contribution is 9.10. The Bertz CT molecular complexity index is 537. The number of benzene rings is 1. The summed E-state index contributed by atoms with van der Waals surface area (Å²) >= 11 is 3.41. The zero-order chi connectivity index (χ0) is 13.5. The molecule has 0 unspecified atom stereocenters. The highest BCUT2D eigenvalue weighted by atomic mass is 79.9. The standard InChI is InChI=1S/C12H14BrN5O/c1-19-6-5-14-11-8-15-18-12(17-11)16-10-4-2-3-9(13)7-10/h2-4,7-8H,5-6H2,1H3,(H2,14,16,17,18). The number of ether oxygens (including phenoxy) is 1. The minimum atomic E-state index is 0.445. The molecule has 1 aromatic heterocycles. The van der Waals surface area contributed by atoms with E-state index in [1.165, 1.54) is 0 Å². The summed E-state index contributed by atoms with van der Waals surface area (Å²) in [5.74, 6) is 1.10. The molecule has 0 aliphatic heterocycles. The fraction of sp³-hybridized carbons (Fsp3) is 0.250. The molecule has 0 fully saturated rings. The maximum absolute atomic E-state index is 4.96. The van der Waals surface area contributed by atoms with E-state index in [1.807, 2.05) is 24.3 Å². The van der Waals surface area contributed by atoms with Crippen LogP contribution < -0.4 is 10.6 Å². The number of nitrogens with zero attached hydrogens (tertiary/aromatic N) is 3. The summed E-state index contributed by atoms with van der Waals surface area (Å²) in [6, 6.07) is 7.75. The van der Waals surface area contributed by atoms with Gasteiger partial charge in [0.15, 0.2) is 5.82 Å². The van der Waals surface area contributed by atoms with Crippen LogP contribution in [0.4, 0.5) is 17.5 Å². The fourth-order valence-corrected chi connectivity index (χ4v) is 1.82. The van der Waals surface area contributed by atoms with Gasteiger partial charge in [0.1, 0.15) is 0 Å². The molecule has 0 saturated heterocycles. The molecule has 1 heterocycles. The molecular formula is C12H14BrN5O. The minimum absolute atomic E-state index is 0.445. The average molecular weight is 324 g/mol. The zero-order valence-electron chi connectivity index (χ0n) is 10.4. The van der Waals surface area contributed by atoms with Gasteiger partial charge in [-0.3, -0.25) is 0 Å². The van der Waals surface area contributed by atoms with Crippen LogP contribution in [0.5, 0.6) is 0 Å². The third-order valence-corrected chi connectivity index (χ3v) is 2.75. The van der Waals surface area contributed by atoms with Crippen LogP contribution in [-0.2, 0) is 4.74 Å². The Morgan fingerprint density at radius 1 is 1.37 bits per heavy atom. The number of nitrogens with one attached hydrogen (secondary N) is 2. The van der Waals surface area contributed by atoms with Gasteiger partial charge in [0.2, 0.25) is 5.95 Å². The van der Waals surface area contributed by atoms with Crippen molar-refractivity contribution in [2.75, 3.05) is 30.9 Å². The van der Waals surface area contributed by atoms with Gasteiger partial charge in [-0.25, -0.2) is 0 Å². The van der Waals surface area contributed by atoms with Gasteiger partial charge in [0, 0.05) is 23.8 Å². The second-order valence-corrected chi connectivity index (χ2v) is 4.64. The smallest absolute Gasteiger partial charge is 0.249 e. The van der Waals surface area contributed by atoms with Crippen LogP contribution in [0, 0.1) is 0 Å². The molecule has 6 nitrogen and oxygen atoms in total. The number of anilines is 3. The van der Waals surface area contributed by atoms with E-state index in [-0.39, 0.29) is 0 Å². The quantitative estimate of drug-likeness (QED) is 0.795. The van der Waals surface area contributed by atoms with Crippen LogP contribution in [0.1, 0.15) is 0 Å².